The lowest BCUT2D eigenvalue weighted by atomic mass is 10.2. The zero-order valence-electron chi connectivity index (χ0n) is 8.58. The van der Waals surface area contributed by atoms with Crippen LogP contribution in [0.1, 0.15) is 32.6 Å². The summed E-state index contributed by atoms with van der Waals surface area (Å²) in [5.74, 6) is 1.39. The van der Waals surface area contributed by atoms with Gasteiger partial charge in [-0.2, -0.15) is 0 Å². The summed E-state index contributed by atoms with van der Waals surface area (Å²) in [5, 5.41) is 6.80. The highest BCUT2D eigenvalue weighted by Crippen LogP contribution is 2.22. The lowest BCUT2D eigenvalue weighted by Crippen LogP contribution is -2.42. The molecule has 2 rings (SSSR count). The van der Waals surface area contributed by atoms with Crippen LogP contribution < -0.4 is 10.6 Å². The minimum absolute atomic E-state index is 0.214. The molecule has 2 aliphatic rings. The Bertz CT molecular complexity index is 218. The fourth-order valence-electron chi connectivity index (χ4n) is 1.64. The van der Waals surface area contributed by atoms with Crippen LogP contribution in [0.5, 0.6) is 0 Å². The molecule has 1 aliphatic heterocycles. The molecule has 2 unspecified atom stereocenters. The molecule has 14 heavy (non-hydrogen) atoms. The van der Waals surface area contributed by atoms with Crippen molar-refractivity contribution in [2.45, 2.75) is 50.1 Å². The van der Waals surface area contributed by atoms with E-state index in [1.165, 1.54) is 25.0 Å². The fourth-order valence-corrected chi connectivity index (χ4v) is 3.01. The van der Waals surface area contributed by atoms with E-state index in [2.05, 4.69) is 17.6 Å². The van der Waals surface area contributed by atoms with Gasteiger partial charge in [0.2, 0.25) is 5.91 Å². The third-order valence-corrected chi connectivity index (χ3v) is 3.83. The van der Waals surface area contributed by atoms with E-state index in [4.69, 9.17) is 0 Å². The van der Waals surface area contributed by atoms with E-state index in [1.807, 2.05) is 11.8 Å². The minimum atomic E-state index is 0.214. The molecule has 0 spiro atoms. The standard InChI is InChI=1S/C10H18N2OS/c1-7-4-5-14-10(11-7)6-9(13)12-8-2-3-8/h7-8,10-11H,2-6H2,1H3,(H,12,13). The van der Waals surface area contributed by atoms with Crippen molar-refractivity contribution in [3.05, 3.63) is 0 Å². The number of hydrogen-bond acceptors (Lipinski definition) is 3. The smallest absolute Gasteiger partial charge is 0.222 e. The van der Waals surface area contributed by atoms with Gasteiger partial charge in [-0.15, -0.1) is 11.8 Å². The summed E-state index contributed by atoms with van der Waals surface area (Å²) in [7, 11) is 0. The molecule has 2 fully saturated rings. The molecule has 1 heterocycles. The van der Waals surface area contributed by atoms with Crippen molar-refractivity contribution in [2.75, 3.05) is 5.75 Å². The average molecular weight is 214 g/mol. The molecular formula is C10H18N2OS. The molecule has 0 aromatic heterocycles. The summed E-state index contributed by atoms with van der Waals surface area (Å²) in [6.45, 7) is 2.19. The fraction of sp³-hybridized carbons (Fsp3) is 0.900. The van der Waals surface area contributed by atoms with E-state index in [0.717, 1.165) is 0 Å². The van der Waals surface area contributed by atoms with Gasteiger partial charge in [-0.1, -0.05) is 0 Å². The third kappa shape index (κ3) is 3.17. The summed E-state index contributed by atoms with van der Waals surface area (Å²) in [6, 6.07) is 1.06. The van der Waals surface area contributed by atoms with Gasteiger partial charge in [0, 0.05) is 12.1 Å². The first-order valence-corrected chi connectivity index (χ1v) is 6.46. The van der Waals surface area contributed by atoms with Gasteiger partial charge >= 0.3 is 0 Å². The van der Waals surface area contributed by atoms with E-state index in [-0.39, 0.29) is 5.91 Å². The van der Waals surface area contributed by atoms with Crippen LogP contribution in [-0.4, -0.2) is 29.1 Å². The van der Waals surface area contributed by atoms with E-state index < -0.39 is 0 Å². The van der Waals surface area contributed by atoms with Crippen molar-refractivity contribution in [1.82, 2.24) is 10.6 Å². The Morgan fingerprint density at radius 2 is 2.29 bits per heavy atom. The van der Waals surface area contributed by atoms with Crippen molar-refractivity contribution < 1.29 is 4.79 Å². The Labute approximate surface area is 89.4 Å². The van der Waals surface area contributed by atoms with Crippen molar-refractivity contribution in [3.63, 3.8) is 0 Å². The summed E-state index contributed by atoms with van der Waals surface area (Å²) in [5.41, 5.74) is 0. The van der Waals surface area contributed by atoms with Gasteiger partial charge in [0.1, 0.15) is 0 Å². The molecule has 0 bridgehead atoms. The Morgan fingerprint density at radius 3 is 2.93 bits per heavy atom. The molecule has 1 saturated heterocycles. The molecular weight excluding hydrogens is 196 g/mol. The molecule has 4 heteroatoms. The third-order valence-electron chi connectivity index (χ3n) is 2.65. The molecule has 0 radical (unpaired) electrons. The zero-order chi connectivity index (χ0) is 9.97. The second kappa shape index (κ2) is 4.53. The number of rotatable bonds is 3. The lowest BCUT2D eigenvalue weighted by molar-refractivity contribution is -0.121. The largest absolute Gasteiger partial charge is 0.353 e. The second-order valence-corrected chi connectivity index (χ2v) is 5.57. The first kappa shape index (κ1) is 10.3. The van der Waals surface area contributed by atoms with Gasteiger partial charge < -0.3 is 10.6 Å². The quantitative estimate of drug-likeness (QED) is 0.739. The lowest BCUT2D eigenvalue weighted by Gasteiger charge is -2.27. The number of nitrogens with one attached hydrogen (secondary N) is 2. The molecule has 1 saturated carbocycles. The predicted octanol–water partition coefficient (Wildman–Crippen LogP) is 1.10. The Morgan fingerprint density at radius 1 is 1.50 bits per heavy atom. The SMILES string of the molecule is CC1CCSC(CC(=O)NC2CC2)N1. The van der Waals surface area contributed by atoms with Crippen molar-refractivity contribution in [3.8, 4) is 0 Å². The molecule has 1 amide bonds. The summed E-state index contributed by atoms with van der Waals surface area (Å²) in [6.07, 6.45) is 4.19. The normalized spacial score (nSPS) is 32.6. The van der Waals surface area contributed by atoms with Gasteiger partial charge in [0.25, 0.3) is 0 Å². The highest BCUT2D eigenvalue weighted by atomic mass is 32.2. The molecule has 80 valence electrons. The highest BCUT2D eigenvalue weighted by Gasteiger charge is 2.26. The van der Waals surface area contributed by atoms with Crippen LogP contribution in [0.25, 0.3) is 0 Å². The van der Waals surface area contributed by atoms with Gasteiger partial charge in [-0.05, 0) is 31.9 Å². The minimum Gasteiger partial charge on any atom is -0.353 e. The predicted molar refractivity (Wildman–Crippen MR) is 59.2 cm³/mol. The Hall–Kier alpha value is -0.220. The molecule has 1 aliphatic carbocycles. The highest BCUT2D eigenvalue weighted by molar-refractivity contribution is 7.99. The van der Waals surface area contributed by atoms with E-state index in [1.54, 1.807) is 0 Å². The Balaban J connectivity index is 1.69. The van der Waals surface area contributed by atoms with E-state index in [9.17, 15) is 4.79 Å². The van der Waals surface area contributed by atoms with Crippen molar-refractivity contribution in [2.24, 2.45) is 0 Å². The van der Waals surface area contributed by atoms with Gasteiger partial charge in [0.15, 0.2) is 0 Å². The molecule has 0 aromatic rings. The van der Waals surface area contributed by atoms with E-state index >= 15 is 0 Å². The number of amides is 1. The number of carbonyl (C=O) groups excluding carboxylic acids is 1. The van der Waals surface area contributed by atoms with Crippen LogP contribution in [0.3, 0.4) is 0 Å². The Kier molecular flexibility index (Phi) is 3.34. The van der Waals surface area contributed by atoms with Crippen LogP contribution in [0.4, 0.5) is 0 Å². The molecule has 0 aromatic carbocycles. The first-order valence-electron chi connectivity index (χ1n) is 5.41. The monoisotopic (exact) mass is 214 g/mol. The number of carbonyl (C=O) groups is 1. The van der Waals surface area contributed by atoms with Crippen LogP contribution in [-0.2, 0) is 4.79 Å². The van der Waals surface area contributed by atoms with E-state index in [0.29, 0.717) is 23.9 Å². The maximum absolute atomic E-state index is 11.5. The molecule has 3 nitrogen and oxygen atoms in total. The number of thioether (sulfide) groups is 1. The molecule has 2 atom stereocenters. The van der Waals surface area contributed by atoms with Crippen LogP contribution in [0.15, 0.2) is 0 Å². The molecule has 2 N–H and O–H groups in total. The average Bonchev–Trinajstić information content (AvgIpc) is 2.87. The first-order chi connectivity index (χ1) is 6.74. The van der Waals surface area contributed by atoms with Crippen molar-refractivity contribution >= 4 is 17.7 Å². The van der Waals surface area contributed by atoms with Crippen LogP contribution >= 0.6 is 11.8 Å². The summed E-state index contributed by atoms with van der Waals surface area (Å²) >= 11 is 1.87. The van der Waals surface area contributed by atoms with Gasteiger partial charge in [0.05, 0.1) is 11.8 Å². The number of hydrogen-bond donors (Lipinski definition) is 2. The maximum Gasteiger partial charge on any atom is 0.222 e. The van der Waals surface area contributed by atoms with Crippen LogP contribution in [0, 0.1) is 0 Å². The van der Waals surface area contributed by atoms with Gasteiger partial charge in [-0.3, -0.25) is 4.79 Å². The summed E-state index contributed by atoms with van der Waals surface area (Å²) < 4.78 is 0. The zero-order valence-corrected chi connectivity index (χ0v) is 9.40. The maximum atomic E-state index is 11.5. The van der Waals surface area contributed by atoms with Crippen molar-refractivity contribution in [1.29, 1.82) is 0 Å². The topological polar surface area (TPSA) is 41.1 Å². The summed E-state index contributed by atoms with van der Waals surface area (Å²) in [4.78, 5) is 11.5. The second-order valence-electron chi connectivity index (χ2n) is 4.26. The van der Waals surface area contributed by atoms with Gasteiger partial charge in [-0.25, -0.2) is 0 Å². The van der Waals surface area contributed by atoms with Crippen LogP contribution in [0.2, 0.25) is 0 Å².